The standard InChI is InChI=1S/C16H17NOS/c1-17(2)15(19)16(18,13-9-5-3-6-10-13)14-11-7-4-8-12-14/h3-12,18H,1-2H3. The van der Waals surface area contributed by atoms with Crippen molar-refractivity contribution in [2.75, 3.05) is 14.1 Å². The summed E-state index contributed by atoms with van der Waals surface area (Å²) in [5.74, 6) is 0. The number of benzene rings is 2. The Kier molecular flexibility index (Phi) is 3.98. The van der Waals surface area contributed by atoms with Crippen LogP contribution >= 0.6 is 12.2 Å². The molecule has 2 nitrogen and oxygen atoms in total. The molecule has 2 aromatic rings. The molecule has 0 fully saturated rings. The molecule has 0 aliphatic rings. The fourth-order valence-electron chi connectivity index (χ4n) is 2.10. The first-order valence-electron chi connectivity index (χ1n) is 6.12. The molecule has 0 heterocycles. The van der Waals surface area contributed by atoms with E-state index in [1.54, 1.807) is 4.90 Å². The number of likely N-dealkylation sites (N-methyl/N-ethyl adjacent to an activating group) is 1. The minimum absolute atomic E-state index is 0.477. The molecule has 3 heteroatoms. The Morgan fingerprint density at radius 3 is 1.58 bits per heavy atom. The van der Waals surface area contributed by atoms with Gasteiger partial charge in [-0.2, -0.15) is 0 Å². The highest BCUT2D eigenvalue weighted by Gasteiger charge is 2.37. The lowest BCUT2D eigenvalue weighted by atomic mass is 9.86. The summed E-state index contributed by atoms with van der Waals surface area (Å²) in [4.78, 5) is 2.25. The monoisotopic (exact) mass is 271 g/mol. The van der Waals surface area contributed by atoms with E-state index in [9.17, 15) is 5.11 Å². The van der Waals surface area contributed by atoms with Gasteiger partial charge in [0.1, 0.15) is 4.99 Å². The molecule has 1 N–H and O–H groups in total. The van der Waals surface area contributed by atoms with Crippen LogP contribution in [0.1, 0.15) is 11.1 Å². The largest absolute Gasteiger partial charge is 0.374 e. The summed E-state index contributed by atoms with van der Waals surface area (Å²) in [6.07, 6.45) is 0. The zero-order valence-electron chi connectivity index (χ0n) is 11.1. The van der Waals surface area contributed by atoms with Crippen molar-refractivity contribution in [2.24, 2.45) is 0 Å². The smallest absolute Gasteiger partial charge is 0.165 e. The summed E-state index contributed by atoms with van der Waals surface area (Å²) in [6, 6.07) is 19.0. The van der Waals surface area contributed by atoms with Gasteiger partial charge in [-0.15, -0.1) is 0 Å². The van der Waals surface area contributed by atoms with E-state index in [4.69, 9.17) is 12.2 Å². The average Bonchev–Trinajstić information content (AvgIpc) is 2.47. The summed E-state index contributed by atoms with van der Waals surface area (Å²) in [5, 5.41) is 11.2. The molecule has 0 radical (unpaired) electrons. The molecular formula is C16H17NOS. The number of hydrogen-bond donors (Lipinski definition) is 1. The molecule has 0 bridgehead atoms. The van der Waals surface area contributed by atoms with E-state index in [0.717, 1.165) is 11.1 Å². The van der Waals surface area contributed by atoms with Crippen molar-refractivity contribution >= 4 is 17.2 Å². The molecular weight excluding hydrogens is 254 g/mol. The van der Waals surface area contributed by atoms with E-state index in [-0.39, 0.29) is 0 Å². The molecule has 0 saturated carbocycles. The predicted octanol–water partition coefficient (Wildman–Crippen LogP) is 2.81. The van der Waals surface area contributed by atoms with Gasteiger partial charge in [0.05, 0.1) is 0 Å². The summed E-state index contributed by atoms with van der Waals surface area (Å²) in [5.41, 5.74) is 0.279. The molecule has 2 aromatic carbocycles. The lowest BCUT2D eigenvalue weighted by molar-refractivity contribution is 0.146. The van der Waals surface area contributed by atoms with E-state index in [0.29, 0.717) is 4.99 Å². The number of thiocarbonyl (C=S) groups is 1. The Morgan fingerprint density at radius 2 is 1.26 bits per heavy atom. The van der Waals surface area contributed by atoms with Crippen molar-refractivity contribution in [3.05, 3.63) is 71.8 Å². The summed E-state index contributed by atoms with van der Waals surface area (Å²) in [6.45, 7) is 0. The molecule has 0 unspecified atom stereocenters. The zero-order valence-corrected chi connectivity index (χ0v) is 11.9. The van der Waals surface area contributed by atoms with E-state index in [2.05, 4.69) is 0 Å². The minimum atomic E-state index is -1.28. The number of hydrogen-bond acceptors (Lipinski definition) is 2. The van der Waals surface area contributed by atoms with E-state index >= 15 is 0 Å². The minimum Gasteiger partial charge on any atom is -0.374 e. The van der Waals surface area contributed by atoms with Crippen LogP contribution in [0.5, 0.6) is 0 Å². The third kappa shape index (κ3) is 2.53. The van der Waals surface area contributed by atoms with E-state index < -0.39 is 5.60 Å². The van der Waals surface area contributed by atoms with Gasteiger partial charge in [0.25, 0.3) is 0 Å². The third-order valence-corrected chi connectivity index (χ3v) is 3.76. The van der Waals surface area contributed by atoms with Crippen molar-refractivity contribution in [1.29, 1.82) is 0 Å². The van der Waals surface area contributed by atoms with Crippen LogP contribution in [0.3, 0.4) is 0 Å². The summed E-state index contributed by atoms with van der Waals surface area (Å²) in [7, 11) is 3.69. The van der Waals surface area contributed by atoms with Gasteiger partial charge in [-0.25, -0.2) is 0 Å². The molecule has 19 heavy (non-hydrogen) atoms. The van der Waals surface area contributed by atoms with Gasteiger partial charge in [-0.05, 0) is 11.1 Å². The Morgan fingerprint density at radius 1 is 0.895 bits per heavy atom. The van der Waals surface area contributed by atoms with Gasteiger partial charge >= 0.3 is 0 Å². The maximum Gasteiger partial charge on any atom is 0.165 e. The Hall–Kier alpha value is -1.71. The fourth-order valence-corrected chi connectivity index (χ4v) is 2.33. The topological polar surface area (TPSA) is 23.5 Å². The first-order valence-corrected chi connectivity index (χ1v) is 6.53. The van der Waals surface area contributed by atoms with Crippen LogP contribution < -0.4 is 0 Å². The second kappa shape index (κ2) is 5.51. The Balaban J connectivity index is 2.61. The maximum atomic E-state index is 11.2. The highest BCUT2D eigenvalue weighted by atomic mass is 32.1. The average molecular weight is 271 g/mol. The van der Waals surface area contributed by atoms with Gasteiger partial charge in [0, 0.05) is 14.1 Å². The molecule has 0 amide bonds. The Labute approximate surface area is 119 Å². The third-order valence-electron chi connectivity index (χ3n) is 3.10. The normalized spacial score (nSPS) is 11.1. The van der Waals surface area contributed by atoms with Crippen LogP contribution in [-0.2, 0) is 5.60 Å². The first kappa shape index (κ1) is 13.7. The molecule has 0 aliphatic heterocycles. The number of rotatable bonds is 3. The van der Waals surface area contributed by atoms with Gasteiger partial charge in [-0.3, -0.25) is 0 Å². The second-order valence-corrected chi connectivity index (χ2v) is 5.03. The van der Waals surface area contributed by atoms with Crippen molar-refractivity contribution in [3.8, 4) is 0 Å². The van der Waals surface area contributed by atoms with Crippen LogP contribution in [-0.4, -0.2) is 29.1 Å². The SMILES string of the molecule is CN(C)C(=S)C(O)(c1ccccc1)c1ccccc1. The number of nitrogens with zero attached hydrogens (tertiary/aromatic N) is 1. The van der Waals surface area contributed by atoms with Crippen molar-refractivity contribution in [3.63, 3.8) is 0 Å². The molecule has 0 spiro atoms. The molecule has 0 saturated heterocycles. The lowest BCUT2D eigenvalue weighted by Gasteiger charge is -2.33. The highest BCUT2D eigenvalue weighted by Crippen LogP contribution is 2.31. The van der Waals surface area contributed by atoms with Crippen molar-refractivity contribution < 1.29 is 5.11 Å². The quantitative estimate of drug-likeness (QED) is 0.868. The molecule has 2 rings (SSSR count). The van der Waals surface area contributed by atoms with Gasteiger partial charge in [-0.1, -0.05) is 72.9 Å². The lowest BCUT2D eigenvalue weighted by Crippen LogP contribution is -2.43. The van der Waals surface area contributed by atoms with Gasteiger partial charge in [0.2, 0.25) is 0 Å². The molecule has 0 aliphatic carbocycles. The van der Waals surface area contributed by atoms with E-state index in [1.165, 1.54) is 0 Å². The fraction of sp³-hybridized carbons (Fsp3) is 0.188. The van der Waals surface area contributed by atoms with Crippen LogP contribution in [0.25, 0.3) is 0 Å². The molecule has 0 aromatic heterocycles. The first-order chi connectivity index (χ1) is 9.06. The van der Waals surface area contributed by atoms with Crippen LogP contribution in [0.15, 0.2) is 60.7 Å². The second-order valence-electron chi connectivity index (χ2n) is 4.64. The van der Waals surface area contributed by atoms with Crippen molar-refractivity contribution in [1.82, 2.24) is 4.90 Å². The van der Waals surface area contributed by atoms with E-state index in [1.807, 2.05) is 74.8 Å². The van der Waals surface area contributed by atoms with Gasteiger partial charge in [0.15, 0.2) is 5.60 Å². The number of aliphatic hydroxyl groups is 1. The summed E-state index contributed by atoms with van der Waals surface area (Å²) < 4.78 is 0. The zero-order chi connectivity index (χ0) is 13.9. The molecule has 98 valence electrons. The van der Waals surface area contributed by atoms with Crippen LogP contribution in [0.4, 0.5) is 0 Å². The van der Waals surface area contributed by atoms with Crippen LogP contribution in [0.2, 0.25) is 0 Å². The highest BCUT2D eigenvalue weighted by molar-refractivity contribution is 7.80. The van der Waals surface area contributed by atoms with Crippen molar-refractivity contribution in [2.45, 2.75) is 5.60 Å². The maximum absolute atomic E-state index is 11.2. The summed E-state index contributed by atoms with van der Waals surface area (Å²) >= 11 is 5.45. The Bertz CT molecular complexity index is 512. The molecule has 0 atom stereocenters. The van der Waals surface area contributed by atoms with Gasteiger partial charge < -0.3 is 10.0 Å². The predicted molar refractivity (Wildman–Crippen MR) is 82.2 cm³/mol. The van der Waals surface area contributed by atoms with Crippen LogP contribution in [0, 0.1) is 0 Å².